The summed E-state index contributed by atoms with van der Waals surface area (Å²) < 4.78 is 22.4. The zero-order valence-electron chi connectivity index (χ0n) is 14.8. The average Bonchev–Trinajstić information content (AvgIpc) is 3.29. The number of carbonyl (C=O) groups excluding carboxylic acids is 1. The van der Waals surface area contributed by atoms with Gasteiger partial charge in [-0.2, -0.15) is 4.37 Å². The minimum atomic E-state index is -0.253. The van der Waals surface area contributed by atoms with E-state index < -0.39 is 0 Å². The molecule has 0 saturated carbocycles. The van der Waals surface area contributed by atoms with Crippen molar-refractivity contribution in [2.45, 2.75) is 31.7 Å². The van der Waals surface area contributed by atoms with Gasteiger partial charge in [0.15, 0.2) is 0 Å². The fraction of sp³-hybridized carbons (Fsp3) is 0.500. The van der Waals surface area contributed by atoms with Gasteiger partial charge in [0.1, 0.15) is 17.7 Å². The van der Waals surface area contributed by atoms with Crippen LogP contribution in [0.3, 0.4) is 0 Å². The van der Waals surface area contributed by atoms with Crippen molar-refractivity contribution in [2.24, 2.45) is 0 Å². The standard InChI is InChI=1S/C18H23FN4O2S/c1-25-11-3-9-20-17(24)15-4-2-10-23(15)18-21-16(22-26-18)12-13-5-7-14(19)8-6-13/h5-8,15H,2-4,9-12H2,1H3,(H,20,24)/t15-/m0/s1. The van der Waals surface area contributed by atoms with E-state index in [4.69, 9.17) is 4.74 Å². The average molecular weight is 378 g/mol. The number of amides is 1. The molecule has 1 aromatic carbocycles. The van der Waals surface area contributed by atoms with Gasteiger partial charge in [0.2, 0.25) is 11.0 Å². The summed E-state index contributed by atoms with van der Waals surface area (Å²) in [6.45, 7) is 2.06. The van der Waals surface area contributed by atoms with Crippen LogP contribution in [0.2, 0.25) is 0 Å². The lowest BCUT2D eigenvalue weighted by atomic mass is 10.1. The molecule has 2 heterocycles. The molecule has 1 fully saturated rings. The van der Waals surface area contributed by atoms with Crippen molar-refractivity contribution >= 4 is 22.6 Å². The number of aromatic nitrogens is 2. The second-order valence-electron chi connectivity index (χ2n) is 6.29. The summed E-state index contributed by atoms with van der Waals surface area (Å²) in [7, 11) is 1.65. The lowest BCUT2D eigenvalue weighted by Gasteiger charge is -2.22. The van der Waals surface area contributed by atoms with E-state index in [1.54, 1.807) is 19.2 Å². The largest absolute Gasteiger partial charge is 0.385 e. The van der Waals surface area contributed by atoms with Crippen molar-refractivity contribution < 1.29 is 13.9 Å². The minimum Gasteiger partial charge on any atom is -0.385 e. The molecule has 1 aliphatic rings. The van der Waals surface area contributed by atoms with E-state index in [9.17, 15) is 9.18 Å². The summed E-state index contributed by atoms with van der Waals surface area (Å²) in [5, 5.41) is 3.75. The quantitative estimate of drug-likeness (QED) is 0.715. The maximum Gasteiger partial charge on any atom is 0.242 e. The van der Waals surface area contributed by atoms with Crippen LogP contribution < -0.4 is 10.2 Å². The van der Waals surface area contributed by atoms with E-state index in [1.165, 1.54) is 23.7 Å². The highest BCUT2D eigenvalue weighted by molar-refractivity contribution is 7.09. The monoisotopic (exact) mass is 378 g/mol. The molecular formula is C18H23FN4O2S. The lowest BCUT2D eigenvalue weighted by Crippen LogP contribution is -2.43. The molecule has 1 amide bonds. The number of carbonyl (C=O) groups is 1. The molecule has 0 bridgehead atoms. The molecule has 6 nitrogen and oxygen atoms in total. The Kier molecular flexibility index (Phi) is 6.51. The molecule has 0 spiro atoms. The number of nitrogens with one attached hydrogen (secondary N) is 1. The van der Waals surface area contributed by atoms with Crippen LogP contribution in [-0.2, 0) is 16.0 Å². The van der Waals surface area contributed by atoms with Crippen LogP contribution in [0.4, 0.5) is 9.52 Å². The molecule has 1 saturated heterocycles. The number of hydrogen-bond acceptors (Lipinski definition) is 6. The Morgan fingerprint density at radius 1 is 1.42 bits per heavy atom. The summed E-state index contributed by atoms with van der Waals surface area (Å²) in [4.78, 5) is 19.1. The third-order valence-corrected chi connectivity index (χ3v) is 5.15. The Hall–Kier alpha value is -2.06. The first-order chi connectivity index (χ1) is 12.7. The van der Waals surface area contributed by atoms with E-state index in [-0.39, 0.29) is 17.8 Å². The predicted octanol–water partition coefficient (Wildman–Crippen LogP) is 2.39. The van der Waals surface area contributed by atoms with Crippen molar-refractivity contribution in [1.29, 1.82) is 0 Å². The zero-order valence-corrected chi connectivity index (χ0v) is 15.6. The molecule has 1 N–H and O–H groups in total. The predicted molar refractivity (Wildman–Crippen MR) is 99.0 cm³/mol. The van der Waals surface area contributed by atoms with Gasteiger partial charge in [-0.15, -0.1) is 0 Å². The molecule has 26 heavy (non-hydrogen) atoms. The zero-order chi connectivity index (χ0) is 18.4. The maximum absolute atomic E-state index is 13.0. The number of ether oxygens (including phenoxy) is 1. The highest BCUT2D eigenvalue weighted by atomic mass is 32.1. The van der Waals surface area contributed by atoms with Crippen molar-refractivity contribution in [2.75, 3.05) is 31.7 Å². The summed E-state index contributed by atoms with van der Waals surface area (Å²) in [6.07, 6.45) is 3.14. The Balaban J connectivity index is 1.60. The van der Waals surface area contributed by atoms with Crippen LogP contribution in [-0.4, -0.2) is 48.1 Å². The number of methoxy groups -OCH3 is 1. The topological polar surface area (TPSA) is 67.3 Å². The van der Waals surface area contributed by atoms with Crippen LogP contribution in [0.25, 0.3) is 0 Å². The molecule has 0 radical (unpaired) electrons. The molecule has 0 aliphatic carbocycles. The van der Waals surface area contributed by atoms with Gasteiger partial charge in [-0.1, -0.05) is 12.1 Å². The van der Waals surface area contributed by atoms with Crippen LogP contribution in [0.15, 0.2) is 24.3 Å². The van der Waals surface area contributed by atoms with Gasteiger partial charge >= 0.3 is 0 Å². The second kappa shape index (κ2) is 9.05. The normalized spacial score (nSPS) is 16.8. The van der Waals surface area contributed by atoms with Crippen LogP contribution in [0.5, 0.6) is 0 Å². The number of hydrogen-bond donors (Lipinski definition) is 1. The Morgan fingerprint density at radius 3 is 3.00 bits per heavy atom. The van der Waals surface area contributed by atoms with Gasteiger partial charge in [-0.05, 0) is 37.0 Å². The molecule has 1 aliphatic heterocycles. The lowest BCUT2D eigenvalue weighted by molar-refractivity contribution is -0.122. The van der Waals surface area contributed by atoms with Crippen LogP contribution >= 0.6 is 11.5 Å². The maximum atomic E-state index is 13.0. The molecule has 1 atom stereocenters. The van der Waals surface area contributed by atoms with Crippen LogP contribution in [0, 0.1) is 5.82 Å². The smallest absolute Gasteiger partial charge is 0.242 e. The molecule has 1 aromatic heterocycles. The summed E-state index contributed by atoms with van der Waals surface area (Å²) in [6, 6.07) is 6.16. The van der Waals surface area contributed by atoms with Crippen LogP contribution in [0.1, 0.15) is 30.7 Å². The first-order valence-corrected chi connectivity index (χ1v) is 9.55. The number of benzene rings is 1. The van der Waals surface area contributed by atoms with E-state index in [2.05, 4.69) is 14.7 Å². The van der Waals surface area contributed by atoms with E-state index >= 15 is 0 Å². The third-order valence-electron chi connectivity index (χ3n) is 4.36. The molecule has 2 aromatic rings. The van der Waals surface area contributed by atoms with Gasteiger partial charge in [0.05, 0.1) is 0 Å². The summed E-state index contributed by atoms with van der Waals surface area (Å²) in [5.74, 6) is 0.480. The van der Waals surface area contributed by atoms with Crippen molar-refractivity contribution in [3.63, 3.8) is 0 Å². The second-order valence-corrected chi connectivity index (χ2v) is 7.02. The van der Waals surface area contributed by atoms with E-state index in [0.717, 1.165) is 36.5 Å². The SMILES string of the molecule is COCCCNC(=O)[C@@H]1CCCN1c1nc(Cc2ccc(F)cc2)ns1. The van der Waals surface area contributed by atoms with Crippen molar-refractivity contribution in [3.05, 3.63) is 41.5 Å². The van der Waals surface area contributed by atoms with E-state index in [0.29, 0.717) is 25.4 Å². The summed E-state index contributed by atoms with van der Waals surface area (Å²) >= 11 is 1.31. The molecular weight excluding hydrogens is 355 g/mol. The highest BCUT2D eigenvalue weighted by Gasteiger charge is 2.32. The number of anilines is 1. The first-order valence-electron chi connectivity index (χ1n) is 8.77. The van der Waals surface area contributed by atoms with Gasteiger partial charge < -0.3 is 15.0 Å². The molecule has 140 valence electrons. The minimum absolute atomic E-state index is 0.0360. The van der Waals surface area contributed by atoms with Gasteiger partial charge in [0.25, 0.3) is 0 Å². The van der Waals surface area contributed by atoms with Gasteiger partial charge in [0, 0.05) is 44.8 Å². The molecule has 3 rings (SSSR count). The Bertz CT molecular complexity index is 722. The third kappa shape index (κ3) is 4.76. The fourth-order valence-corrected chi connectivity index (χ4v) is 3.79. The highest BCUT2D eigenvalue weighted by Crippen LogP contribution is 2.27. The first kappa shape index (κ1) is 18.7. The van der Waals surface area contributed by atoms with Crippen molar-refractivity contribution in [1.82, 2.24) is 14.7 Å². The fourth-order valence-electron chi connectivity index (χ4n) is 3.03. The molecule has 8 heteroatoms. The Morgan fingerprint density at radius 2 is 2.23 bits per heavy atom. The van der Waals surface area contributed by atoms with Gasteiger partial charge in [-0.3, -0.25) is 4.79 Å². The number of rotatable bonds is 8. The van der Waals surface area contributed by atoms with E-state index in [1.807, 2.05) is 4.90 Å². The summed E-state index contributed by atoms with van der Waals surface area (Å²) in [5.41, 5.74) is 0.963. The van der Waals surface area contributed by atoms with Gasteiger partial charge in [-0.25, -0.2) is 9.37 Å². The Labute approximate surface area is 156 Å². The molecule has 0 unspecified atom stereocenters. The number of halogens is 1. The number of nitrogens with zero attached hydrogens (tertiary/aromatic N) is 3. The van der Waals surface area contributed by atoms with Crippen molar-refractivity contribution in [3.8, 4) is 0 Å².